The number of carbonyl (C=O) groups excluding carboxylic acids is 1. The van der Waals surface area contributed by atoms with Gasteiger partial charge in [0.25, 0.3) is 0 Å². The van der Waals surface area contributed by atoms with Gasteiger partial charge in [-0.25, -0.2) is 4.98 Å². The largest absolute Gasteiger partial charge is 0.375 e. The fraction of sp³-hybridized carbons (Fsp3) is 0.692. The Kier molecular flexibility index (Phi) is 4.02. The zero-order valence-corrected chi connectivity index (χ0v) is 12.0. The third-order valence-electron chi connectivity index (χ3n) is 3.57. The Hall–Kier alpha value is -0.940. The number of ether oxygens (including phenoxy) is 1. The van der Waals surface area contributed by atoms with Crippen LogP contribution in [0.15, 0.2) is 5.38 Å². The summed E-state index contributed by atoms with van der Waals surface area (Å²) in [6, 6.07) is 0. The molecule has 100 valence electrons. The van der Waals surface area contributed by atoms with E-state index in [4.69, 9.17) is 4.74 Å². The van der Waals surface area contributed by atoms with Gasteiger partial charge in [0, 0.05) is 24.8 Å². The molecule has 1 aliphatic rings. The molecule has 2 rings (SSSR count). The first-order valence-corrected chi connectivity index (χ1v) is 7.27. The number of nitrogens with one attached hydrogen (secondary N) is 1. The van der Waals surface area contributed by atoms with Crippen molar-refractivity contribution in [3.8, 4) is 0 Å². The summed E-state index contributed by atoms with van der Waals surface area (Å²) in [5, 5.41) is 5.49. The molecule has 2 heterocycles. The molecule has 2 atom stereocenters. The molecule has 1 amide bonds. The molecular weight excluding hydrogens is 248 g/mol. The molecule has 0 aliphatic carbocycles. The minimum atomic E-state index is -0.0683. The Morgan fingerprint density at radius 2 is 2.50 bits per heavy atom. The van der Waals surface area contributed by atoms with Gasteiger partial charge in [-0.1, -0.05) is 6.92 Å². The normalized spacial score (nSPS) is 28.1. The number of hydrogen-bond acceptors (Lipinski definition) is 4. The van der Waals surface area contributed by atoms with E-state index in [0.29, 0.717) is 11.0 Å². The number of amides is 1. The van der Waals surface area contributed by atoms with E-state index in [0.717, 1.165) is 31.6 Å². The zero-order valence-electron chi connectivity index (χ0n) is 11.2. The minimum Gasteiger partial charge on any atom is -0.375 e. The summed E-state index contributed by atoms with van der Waals surface area (Å²) in [6.45, 7) is 6.62. The van der Waals surface area contributed by atoms with E-state index in [9.17, 15) is 4.79 Å². The third kappa shape index (κ3) is 3.09. The van der Waals surface area contributed by atoms with Crippen LogP contribution in [0.2, 0.25) is 0 Å². The van der Waals surface area contributed by atoms with Crippen LogP contribution in [0.1, 0.15) is 51.6 Å². The molecule has 18 heavy (non-hydrogen) atoms. The first kappa shape index (κ1) is 13.5. The van der Waals surface area contributed by atoms with Crippen molar-refractivity contribution in [3.63, 3.8) is 0 Å². The van der Waals surface area contributed by atoms with Crippen molar-refractivity contribution in [1.29, 1.82) is 0 Å². The molecule has 1 aromatic rings. The smallest absolute Gasteiger partial charge is 0.223 e. The van der Waals surface area contributed by atoms with Crippen LogP contribution >= 0.6 is 11.3 Å². The summed E-state index contributed by atoms with van der Waals surface area (Å²) >= 11 is 1.50. The predicted octanol–water partition coefficient (Wildman–Crippen LogP) is 3.16. The molecule has 1 saturated heterocycles. The van der Waals surface area contributed by atoms with Crippen LogP contribution in [0.3, 0.4) is 0 Å². The predicted molar refractivity (Wildman–Crippen MR) is 73.0 cm³/mol. The second-order valence-corrected chi connectivity index (χ2v) is 5.96. The molecule has 1 aromatic heterocycles. The van der Waals surface area contributed by atoms with Gasteiger partial charge in [-0.3, -0.25) is 4.79 Å². The summed E-state index contributed by atoms with van der Waals surface area (Å²) in [4.78, 5) is 15.5. The standard InChI is InChI=1S/C13H20N2O2S/c1-4-13(3)7-10(5-6-17-13)11-8-18-12(15-11)14-9(2)16/h8,10H,4-7H2,1-3H3,(H,14,15,16). The summed E-state index contributed by atoms with van der Waals surface area (Å²) in [5.74, 6) is 0.378. The van der Waals surface area contributed by atoms with E-state index >= 15 is 0 Å². The van der Waals surface area contributed by atoms with Crippen molar-refractivity contribution >= 4 is 22.4 Å². The second kappa shape index (κ2) is 5.36. The summed E-state index contributed by atoms with van der Waals surface area (Å²) in [5.41, 5.74) is 1.06. The Balaban J connectivity index is 2.07. The molecule has 5 heteroatoms. The van der Waals surface area contributed by atoms with E-state index < -0.39 is 0 Å². The number of aromatic nitrogens is 1. The summed E-state index contributed by atoms with van der Waals surface area (Å²) in [6.07, 6.45) is 3.04. The van der Waals surface area contributed by atoms with Gasteiger partial charge < -0.3 is 10.1 Å². The molecule has 0 saturated carbocycles. The average Bonchev–Trinajstić information content (AvgIpc) is 2.77. The molecule has 1 aliphatic heterocycles. The maximum Gasteiger partial charge on any atom is 0.223 e. The molecule has 4 nitrogen and oxygen atoms in total. The Morgan fingerprint density at radius 1 is 1.72 bits per heavy atom. The van der Waals surface area contributed by atoms with Crippen molar-refractivity contribution in [2.45, 2.75) is 51.6 Å². The van der Waals surface area contributed by atoms with Crippen molar-refractivity contribution in [2.24, 2.45) is 0 Å². The van der Waals surface area contributed by atoms with Crippen LogP contribution in [0.25, 0.3) is 0 Å². The molecule has 1 fully saturated rings. The highest BCUT2D eigenvalue weighted by Gasteiger charge is 2.33. The van der Waals surface area contributed by atoms with Gasteiger partial charge in [0.1, 0.15) is 0 Å². The summed E-state index contributed by atoms with van der Waals surface area (Å²) < 4.78 is 5.84. The van der Waals surface area contributed by atoms with Gasteiger partial charge in [-0.15, -0.1) is 11.3 Å². The lowest BCUT2D eigenvalue weighted by Gasteiger charge is -2.37. The average molecular weight is 268 g/mol. The highest BCUT2D eigenvalue weighted by molar-refractivity contribution is 7.13. The molecule has 0 spiro atoms. The molecule has 2 unspecified atom stereocenters. The molecule has 0 radical (unpaired) electrons. The van der Waals surface area contributed by atoms with Gasteiger partial charge >= 0.3 is 0 Å². The van der Waals surface area contributed by atoms with E-state index in [2.05, 4.69) is 29.5 Å². The topological polar surface area (TPSA) is 51.2 Å². The lowest BCUT2D eigenvalue weighted by molar-refractivity contribution is -0.114. The third-order valence-corrected chi connectivity index (χ3v) is 4.34. The molecule has 0 aromatic carbocycles. The molecular formula is C13H20N2O2S. The highest BCUT2D eigenvalue weighted by Crippen LogP contribution is 2.38. The fourth-order valence-corrected chi connectivity index (χ4v) is 3.15. The van der Waals surface area contributed by atoms with Crippen LogP contribution in [0.4, 0.5) is 5.13 Å². The minimum absolute atomic E-state index is 0.0271. The number of carbonyl (C=O) groups is 1. The van der Waals surface area contributed by atoms with Crippen molar-refractivity contribution in [2.75, 3.05) is 11.9 Å². The van der Waals surface area contributed by atoms with Crippen molar-refractivity contribution in [1.82, 2.24) is 4.98 Å². The zero-order chi connectivity index (χ0) is 13.2. The van der Waals surface area contributed by atoms with Crippen LogP contribution < -0.4 is 5.32 Å². The van der Waals surface area contributed by atoms with Crippen LogP contribution in [-0.4, -0.2) is 23.1 Å². The lowest BCUT2D eigenvalue weighted by Crippen LogP contribution is -2.35. The SMILES string of the molecule is CCC1(C)CC(c2csc(NC(C)=O)n2)CCO1. The van der Waals surface area contributed by atoms with Crippen LogP contribution in [-0.2, 0) is 9.53 Å². The Bertz CT molecular complexity index is 432. The van der Waals surface area contributed by atoms with E-state index in [1.54, 1.807) is 0 Å². The monoisotopic (exact) mass is 268 g/mol. The number of hydrogen-bond donors (Lipinski definition) is 1. The van der Waals surface area contributed by atoms with E-state index in [1.165, 1.54) is 18.3 Å². The van der Waals surface area contributed by atoms with E-state index in [-0.39, 0.29) is 11.5 Å². The highest BCUT2D eigenvalue weighted by atomic mass is 32.1. The van der Waals surface area contributed by atoms with Crippen LogP contribution in [0.5, 0.6) is 0 Å². The van der Waals surface area contributed by atoms with Crippen molar-refractivity contribution in [3.05, 3.63) is 11.1 Å². The summed E-state index contributed by atoms with van der Waals surface area (Å²) in [7, 11) is 0. The fourth-order valence-electron chi connectivity index (χ4n) is 2.31. The first-order chi connectivity index (χ1) is 8.52. The Labute approximate surface area is 112 Å². The molecule has 1 N–H and O–H groups in total. The van der Waals surface area contributed by atoms with Crippen LogP contribution in [0, 0.1) is 0 Å². The quantitative estimate of drug-likeness (QED) is 0.916. The van der Waals surface area contributed by atoms with Gasteiger partial charge in [0.15, 0.2) is 5.13 Å². The van der Waals surface area contributed by atoms with E-state index in [1.807, 2.05) is 0 Å². The van der Waals surface area contributed by atoms with Gasteiger partial charge in [0.05, 0.1) is 11.3 Å². The van der Waals surface area contributed by atoms with Gasteiger partial charge in [-0.05, 0) is 26.2 Å². The number of anilines is 1. The Morgan fingerprint density at radius 3 is 3.17 bits per heavy atom. The number of nitrogens with zero attached hydrogens (tertiary/aromatic N) is 1. The van der Waals surface area contributed by atoms with Gasteiger partial charge in [0.2, 0.25) is 5.91 Å². The number of rotatable bonds is 3. The van der Waals surface area contributed by atoms with Gasteiger partial charge in [-0.2, -0.15) is 0 Å². The maximum atomic E-state index is 11.0. The second-order valence-electron chi connectivity index (χ2n) is 5.10. The molecule has 0 bridgehead atoms. The van der Waals surface area contributed by atoms with Crippen molar-refractivity contribution < 1.29 is 9.53 Å². The maximum absolute atomic E-state index is 11.0. The number of thiazole rings is 1. The first-order valence-electron chi connectivity index (χ1n) is 6.39. The lowest BCUT2D eigenvalue weighted by atomic mass is 9.84.